The molecule has 20 heavy (non-hydrogen) atoms. The zero-order valence-electron chi connectivity index (χ0n) is 12.5. The van der Waals surface area contributed by atoms with E-state index in [2.05, 4.69) is 36.9 Å². The van der Waals surface area contributed by atoms with Crippen molar-refractivity contribution < 1.29 is 14.6 Å². The van der Waals surface area contributed by atoms with Crippen molar-refractivity contribution in [1.82, 2.24) is 0 Å². The van der Waals surface area contributed by atoms with Crippen molar-refractivity contribution in [1.29, 1.82) is 0 Å². The fraction of sp³-hybridized carbons (Fsp3) is 0.562. The summed E-state index contributed by atoms with van der Waals surface area (Å²) < 4.78 is 5.32. The van der Waals surface area contributed by atoms with Crippen molar-refractivity contribution in [2.24, 2.45) is 5.41 Å². The first-order valence-electron chi connectivity index (χ1n) is 7.04. The minimum absolute atomic E-state index is 0.523. The molecule has 0 radical (unpaired) electrons. The molecule has 2 rings (SSSR count). The Morgan fingerprint density at radius 1 is 1.35 bits per heavy atom. The van der Waals surface area contributed by atoms with Crippen molar-refractivity contribution >= 4 is 11.7 Å². The molecule has 1 aliphatic heterocycles. The maximum Gasteiger partial charge on any atom is 0.311 e. The largest absolute Gasteiger partial charge is 0.481 e. The lowest BCUT2D eigenvalue weighted by molar-refractivity contribution is -0.154. The van der Waals surface area contributed by atoms with Crippen LogP contribution in [0.4, 0.5) is 5.69 Å². The Bertz CT molecular complexity index is 492. The number of aliphatic carboxylic acids is 1. The van der Waals surface area contributed by atoms with Crippen molar-refractivity contribution in [3.05, 3.63) is 29.3 Å². The molecule has 4 nitrogen and oxygen atoms in total. The zero-order valence-corrected chi connectivity index (χ0v) is 12.5. The zero-order chi connectivity index (χ0) is 14.8. The molecule has 1 aliphatic rings. The number of ether oxygens (including phenoxy) is 1. The summed E-state index contributed by atoms with van der Waals surface area (Å²) in [6, 6.07) is 6.26. The van der Waals surface area contributed by atoms with Gasteiger partial charge < -0.3 is 14.7 Å². The van der Waals surface area contributed by atoms with Crippen LogP contribution < -0.4 is 4.90 Å². The van der Waals surface area contributed by atoms with Crippen molar-refractivity contribution in [3.8, 4) is 0 Å². The minimum Gasteiger partial charge on any atom is -0.481 e. The van der Waals surface area contributed by atoms with E-state index < -0.39 is 11.4 Å². The van der Waals surface area contributed by atoms with E-state index in [1.165, 1.54) is 11.1 Å². The highest BCUT2D eigenvalue weighted by Gasteiger charge is 2.41. The van der Waals surface area contributed by atoms with Crippen LogP contribution in [0.3, 0.4) is 0 Å². The van der Waals surface area contributed by atoms with Crippen molar-refractivity contribution in [2.75, 3.05) is 31.7 Å². The van der Waals surface area contributed by atoms with Gasteiger partial charge in [-0.15, -0.1) is 0 Å². The predicted molar refractivity (Wildman–Crippen MR) is 79.3 cm³/mol. The second-order valence-corrected chi connectivity index (χ2v) is 5.84. The third-order valence-corrected chi connectivity index (χ3v) is 4.21. The molecule has 0 unspecified atom stereocenters. The molecular weight excluding hydrogens is 254 g/mol. The summed E-state index contributed by atoms with van der Waals surface area (Å²) >= 11 is 0. The maximum absolute atomic E-state index is 11.7. The molecule has 1 fully saturated rings. The van der Waals surface area contributed by atoms with Gasteiger partial charge in [0.25, 0.3) is 0 Å². The number of carboxylic acids is 1. The third kappa shape index (κ3) is 2.96. The Kier molecular flexibility index (Phi) is 4.33. The van der Waals surface area contributed by atoms with Crippen LogP contribution in [0.2, 0.25) is 0 Å². The Hall–Kier alpha value is -1.55. The van der Waals surface area contributed by atoms with E-state index >= 15 is 0 Å². The van der Waals surface area contributed by atoms with Crippen LogP contribution >= 0.6 is 0 Å². The first-order valence-corrected chi connectivity index (χ1v) is 7.04. The molecule has 1 saturated heterocycles. The smallest absolute Gasteiger partial charge is 0.311 e. The fourth-order valence-corrected chi connectivity index (χ4v) is 2.97. The van der Waals surface area contributed by atoms with Crippen LogP contribution in [-0.4, -0.2) is 37.9 Å². The van der Waals surface area contributed by atoms with Crippen molar-refractivity contribution in [2.45, 2.75) is 26.7 Å². The van der Waals surface area contributed by atoms with E-state index in [-0.39, 0.29) is 0 Å². The summed E-state index contributed by atoms with van der Waals surface area (Å²) in [5.74, 6) is -0.711. The van der Waals surface area contributed by atoms with Crippen LogP contribution in [0.1, 0.15) is 24.0 Å². The summed E-state index contributed by atoms with van der Waals surface area (Å²) in [4.78, 5) is 13.8. The number of carboxylic acid groups (broad SMARTS) is 1. The number of hydrogen-bond donors (Lipinski definition) is 1. The number of carbonyl (C=O) groups is 1. The average molecular weight is 277 g/mol. The minimum atomic E-state index is -0.711. The molecule has 0 bridgehead atoms. The molecule has 0 saturated carbocycles. The summed E-state index contributed by atoms with van der Waals surface area (Å²) in [6.07, 6.45) is 1.16. The van der Waals surface area contributed by atoms with Gasteiger partial charge in [-0.05, 0) is 38.3 Å². The van der Waals surface area contributed by atoms with Gasteiger partial charge >= 0.3 is 5.97 Å². The van der Waals surface area contributed by atoms with E-state index in [4.69, 9.17) is 4.74 Å². The molecule has 1 heterocycles. The number of benzene rings is 1. The second kappa shape index (κ2) is 5.83. The first kappa shape index (κ1) is 14.9. The van der Waals surface area contributed by atoms with Crippen LogP contribution in [0, 0.1) is 19.3 Å². The van der Waals surface area contributed by atoms with Gasteiger partial charge in [0.2, 0.25) is 0 Å². The van der Waals surface area contributed by atoms with E-state index in [1.54, 1.807) is 0 Å². The number of nitrogens with zero attached hydrogens (tertiary/aromatic N) is 1. The molecule has 0 spiro atoms. The van der Waals surface area contributed by atoms with E-state index in [9.17, 15) is 9.90 Å². The third-order valence-electron chi connectivity index (χ3n) is 4.21. The Balaban J connectivity index is 2.20. The highest BCUT2D eigenvalue weighted by atomic mass is 16.5. The van der Waals surface area contributed by atoms with E-state index in [0.717, 1.165) is 5.69 Å². The van der Waals surface area contributed by atoms with Gasteiger partial charge in [-0.2, -0.15) is 0 Å². The van der Waals surface area contributed by atoms with Crippen LogP contribution in [0.25, 0.3) is 0 Å². The molecule has 0 amide bonds. The van der Waals surface area contributed by atoms with Gasteiger partial charge in [-0.3, -0.25) is 4.79 Å². The molecule has 0 aliphatic carbocycles. The van der Waals surface area contributed by atoms with Crippen LogP contribution in [0.5, 0.6) is 0 Å². The highest BCUT2D eigenvalue weighted by molar-refractivity contribution is 5.76. The van der Waals surface area contributed by atoms with Crippen LogP contribution in [0.15, 0.2) is 18.2 Å². The lowest BCUT2D eigenvalue weighted by Crippen LogP contribution is -2.45. The predicted octanol–water partition coefficient (Wildman–Crippen LogP) is 2.62. The normalized spacial score (nSPS) is 17.8. The summed E-state index contributed by atoms with van der Waals surface area (Å²) in [7, 11) is 1.97. The number of rotatable bonds is 4. The first-order chi connectivity index (χ1) is 9.44. The van der Waals surface area contributed by atoms with Gasteiger partial charge in [-0.25, -0.2) is 0 Å². The number of hydrogen-bond acceptors (Lipinski definition) is 3. The average Bonchev–Trinajstić information content (AvgIpc) is 2.39. The van der Waals surface area contributed by atoms with E-state index in [0.29, 0.717) is 32.6 Å². The summed E-state index contributed by atoms with van der Waals surface area (Å²) in [6.45, 7) is 5.72. The van der Waals surface area contributed by atoms with Crippen LogP contribution in [-0.2, 0) is 9.53 Å². The lowest BCUT2D eigenvalue weighted by Gasteiger charge is -2.37. The lowest BCUT2D eigenvalue weighted by atomic mass is 9.79. The standard InChI is InChI=1S/C16H23NO3/c1-12-4-5-14(13(2)10-12)17(3)11-16(15(18)19)6-8-20-9-7-16/h4-5,10H,6-9,11H2,1-3H3,(H,18,19). The van der Waals surface area contributed by atoms with E-state index in [1.807, 2.05) is 7.05 Å². The molecule has 0 atom stereocenters. The quantitative estimate of drug-likeness (QED) is 0.919. The van der Waals surface area contributed by atoms with Gasteiger partial charge in [0, 0.05) is 32.5 Å². The molecule has 0 aromatic heterocycles. The maximum atomic E-state index is 11.7. The highest BCUT2D eigenvalue weighted by Crippen LogP contribution is 2.33. The monoisotopic (exact) mass is 277 g/mol. The molecule has 1 aromatic rings. The number of aryl methyl sites for hydroxylation is 2. The topological polar surface area (TPSA) is 49.8 Å². The SMILES string of the molecule is Cc1ccc(N(C)CC2(C(=O)O)CCOCC2)c(C)c1. The van der Waals surface area contributed by atoms with Gasteiger partial charge in [0.15, 0.2) is 0 Å². The Morgan fingerprint density at radius 3 is 2.55 bits per heavy atom. The molecular formula is C16H23NO3. The van der Waals surface area contributed by atoms with Gasteiger partial charge in [0.05, 0.1) is 5.41 Å². The second-order valence-electron chi connectivity index (χ2n) is 5.84. The summed E-state index contributed by atoms with van der Waals surface area (Å²) in [5, 5.41) is 9.62. The molecule has 1 N–H and O–H groups in total. The Labute approximate surface area is 120 Å². The van der Waals surface area contributed by atoms with Crippen molar-refractivity contribution in [3.63, 3.8) is 0 Å². The molecule has 110 valence electrons. The number of anilines is 1. The summed E-state index contributed by atoms with van der Waals surface area (Å²) in [5.41, 5.74) is 2.81. The fourth-order valence-electron chi connectivity index (χ4n) is 2.97. The molecule has 1 aromatic carbocycles. The molecule has 4 heteroatoms. The van der Waals surface area contributed by atoms with Gasteiger partial charge in [-0.1, -0.05) is 17.7 Å². The van der Waals surface area contributed by atoms with Gasteiger partial charge in [0.1, 0.15) is 0 Å². The Morgan fingerprint density at radius 2 is 2.00 bits per heavy atom.